The minimum atomic E-state index is -0.793. The zero-order valence-electron chi connectivity index (χ0n) is 16.7. The number of aromatic nitrogens is 1. The van der Waals surface area contributed by atoms with Crippen molar-refractivity contribution in [2.24, 2.45) is 0 Å². The third-order valence-corrected chi connectivity index (χ3v) is 4.63. The highest BCUT2D eigenvalue weighted by Crippen LogP contribution is 2.38. The SMILES string of the molecule is COc1cccc(/C(O)=C2/C(=O)C(=O)N(CCOC(C)C)C2c2ccccn2)c1. The van der Waals surface area contributed by atoms with Gasteiger partial charge in [0.1, 0.15) is 17.6 Å². The number of benzene rings is 1. The molecule has 1 N–H and O–H groups in total. The summed E-state index contributed by atoms with van der Waals surface area (Å²) < 4.78 is 10.8. The molecule has 0 spiro atoms. The zero-order valence-corrected chi connectivity index (χ0v) is 16.7. The van der Waals surface area contributed by atoms with Crippen molar-refractivity contribution in [2.75, 3.05) is 20.3 Å². The molecular formula is C22H24N2O5. The number of Topliss-reactive ketones (excluding diaryl/α,β-unsaturated/α-hetero) is 1. The molecule has 0 bridgehead atoms. The molecule has 1 fully saturated rings. The molecule has 1 aliphatic rings. The fourth-order valence-electron chi connectivity index (χ4n) is 3.27. The van der Waals surface area contributed by atoms with Crippen LogP contribution in [0.1, 0.15) is 31.1 Å². The Morgan fingerprint density at radius 1 is 1.21 bits per heavy atom. The maximum Gasteiger partial charge on any atom is 0.295 e. The maximum absolute atomic E-state index is 12.9. The summed E-state index contributed by atoms with van der Waals surface area (Å²) in [5.74, 6) is -1.16. The lowest BCUT2D eigenvalue weighted by Crippen LogP contribution is -2.33. The van der Waals surface area contributed by atoms with E-state index in [2.05, 4.69) is 4.98 Å². The molecular weight excluding hydrogens is 372 g/mol. The van der Waals surface area contributed by atoms with Crippen LogP contribution in [0.4, 0.5) is 0 Å². The summed E-state index contributed by atoms with van der Waals surface area (Å²) in [7, 11) is 1.51. The fraction of sp³-hybridized carbons (Fsp3) is 0.318. The quantitative estimate of drug-likeness (QED) is 0.440. The van der Waals surface area contributed by atoms with E-state index in [1.165, 1.54) is 12.0 Å². The van der Waals surface area contributed by atoms with Crippen molar-refractivity contribution in [2.45, 2.75) is 26.0 Å². The number of carbonyl (C=O) groups excluding carboxylic acids is 2. The summed E-state index contributed by atoms with van der Waals surface area (Å²) in [5.41, 5.74) is 0.897. The first-order chi connectivity index (χ1) is 13.9. The molecule has 1 amide bonds. The van der Waals surface area contributed by atoms with Crippen LogP contribution in [0.25, 0.3) is 5.76 Å². The molecule has 7 nitrogen and oxygen atoms in total. The Labute approximate surface area is 169 Å². The van der Waals surface area contributed by atoms with E-state index in [1.54, 1.807) is 48.7 Å². The molecule has 0 saturated carbocycles. The van der Waals surface area contributed by atoms with Gasteiger partial charge in [0.15, 0.2) is 0 Å². The van der Waals surface area contributed by atoms with Crippen molar-refractivity contribution in [3.05, 3.63) is 65.5 Å². The van der Waals surface area contributed by atoms with Gasteiger partial charge in [-0.05, 0) is 38.1 Å². The van der Waals surface area contributed by atoms with E-state index in [9.17, 15) is 14.7 Å². The number of aliphatic hydroxyl groups is 1. The average Bonchev–Trinajstić information content (AvgIpc) is 2.98. The Morgan fingerprint density at radius 3 is 2.66 bits per heavy atom. The maximum atomic E-state index is 12.9. The molecule has 152 valence electrons. The van der Waals surface area contributed by atoms with E-state index >= 15 is 0 Å². The summed E-state index contributed by atoms with van der Waals surface area (Å²) in [6.07, 6.45) is 1.59. The first-order valence-electron chi connectivity index (χ1n) is 9.39. The van der Waals surface area contributed by atoms with Crippen molar-refractivity contribution in [3.8, 4) is 5.75 Å². The molecule has 1 atom stereocenters. The number of nitrogens with zero attached hydrogens (tertiary/aromatic N) is 2. The van der Waals surface area contributed by atoms with Crippen LogP contribution in [0.2, 0.25) is 0 Å². The van der Waals surface area contributed by atoms with Gasteiger partial charge in [0.25, 0.3) is 11.7 Å². The largest absolute Gasteiger partial charge is 0.507 e. The van der Waals surface area contributed by atoms with E-state index in [0.29, 0.717) is 17.0 Å². The van der Waals surface area contributed by atoms with E-state index < -0.39 is 17.7 Å². The van der Waals surface area contributed by atoms with Crippen LogP contribution in [0.5, 0.6) is 5.75 Å². The van der Waals surface area contributed by atoms with Crippen molar-refractivity contribution in [3.63, 3.8) is 0 Å². The Morgan fingerprint density at radius 2 is 2.00 bits per heavy atom. The monoisotopic (exact) mass is 396 g/mol. The average molecular weight is 396 g/mol. The number of rotatable bonds is 7. The number of hydrogen-bond donors (Lipinski definition) is 1. The Hall–Kier alpha value is -3.19. The van der Waals surface area contributed by atoms with E-state index in [4.69, 9.17) is 9.47 Å². The smallest absolute Gasteiger partial charge is 0.295 e. The fourth-order valence-corrected chi connectivity index (χ4v) is 3.27. The Kier molecular flexibility index (Phi) is 6.29. The molecule has 29 heavy (non-hydrogen) atoms. The van der Waals surface area contributed by atoms with Crippen molar-refractivity contribution < 1.29 is 24.2 Å². The lowest BCUT2D eigenvalue weighted by Gasteiger charge is -2.24. The molecule has 1 aliphatic heterocycles. The number of hydrogen-bond acceptors (Lipinski definition) is 6. The number of ether oxygens (including phenoxy) is 2. The normalized spacial score (nSPS) is 18.5. The third-order valence-electron chi connectivity index (χ3n) is 4.63. The van der Waals surface area contributed by atoms with Crippen molar-refractivity contribution in [1.29, 1.82) is 0 Å². The Bertz CT molecular complexity index is 924. The first kappa shape index (κ1) is 20.5. The summed E-state index contributed by atoms with van der Waals surface area (Å²) in [6.45, 7) is 4.27. The summed E-state index contributed by atoms with van der Waals surface area (Å²) in [4.78, 5) is 31.3. The van der Waals surface area contributed by atoms with Crippen LogP contribution in [-0.4, -0.2) is 53.0 Å². The van der Waals surface area contributed by atoms with Crippen LogP contribution in [0.3, 0.4) is 0 Å². The van der Waals surface area contributed by atoms with Gasteiger partial charge in [0.05, 0.1) is 31.1 Å². The molecule has 7 heteroatoms. The van der Waals surface area contributed by atoms with Gasteiger partial charge in [-0.3, -0.25) is 14.6 Å². The van der Waals surface area contributed by atoms with Gasteiger partial charge in [0.2, 0.25) is 0 Å². The van der Waals surface area contributed by atoms with Crippen LogP contribution in [0, 0.1) is 0 Å². The second kappa shape index (κ2) is 8.87. The molecule has 0 radical (unpaired) electrons. The molecule has 3 rings (SSSR count). The summed E-state index contributed by atoms with van der Waals surface area (Å²) in [5, 5.41) is 11.0. The molecule has 2 aromatic rings. The third kappa shape index (κ3) is 4.30. The molecule has 1 aromatic heterocycles. The van der Waals surface area contributed by atoms with Gasteiger partial charge < -0.3 is 19.5 Å². The highest BCUT2D eigenvalue weighted by atomic mass is 16.5. The molecule has 2 heterocycles. The highest BCUT2D eigenvalue weighted by Gasteiger charge is 2.46. The van der Waals surface area contributed by atoms with E-state index in [0.717, 1.165) is 0 Å². The second-order valence-electron chi connectivity index (χ2n) is 6.90. The Balaban J connectivity index is 2.07. The first-order valence-corrected chi connectivity index (χ1v) is 9.39. The van der Waals surface area contributed by atoms with E-state index in [-0.39, 0.29) is 30.6 Å². The topological polar surface area (TPSA) is 89.0 Å². The van der Waals surface area contributed by atoms with Crippen molar-refractivity contribution in [1.82, 2.24) is 9.88 Å². The van der Waals surface area contributed by atoms with Crippen LogP contribution in [0.15, 0.2) is 54.2 Å². The van der Waals surface area contributed by atoms with E-state index in [1.807, 2.05) is 13.8 Å². The van der Waals surface area contributed by atoms with Gasteiger partial charge in [-0.15, -0.1) is 0 Å². The number of likely N-dealkylation sites (tertiary alicyclic amines) is 1. The number of carbonyl (C=O) groups is 2. The minimum Gasteiger partial charge on any atom is -0.507 e. The number of pyridine rings is 1. The van der Waals surface area contributed by atoms with Crippen LogP contribution >= 0.6 is 0 Å². The molecule has 1 saturated heterocycles. The molecule has 0 aliphatic carbocycles. The summed E-state index contributed by atoms with van der Waals surface area (Å²) in [6, 6.07) is 11.2. The summed E-state index contributed by atoms with van der Waals surface area (Å²) >= 11 is 0. The van der Waals surface area contributed by atoms with Crippen LogP contribution in [-0.2, 0) is 14.3 Å². The number of ketones is 1. The minimum absolute atomic E-state index is 0.00286. The van der Waals surface area contributed by atoms with Crippen LogP contribution < -0.4 is 4.74 Å². The standard InChI is InChI=1S/C22H24N2O5/c1-14(2)29-12-11-24-19(17-9-4-5-10-23-17)18(21(26)22(24)27)20(25)15-7-6-8-16(13-15)28-3/h4-10,13-14,19,25H,11-12H2,1-3H3/b20-18-. The predicted octanol–water partition coefficient (Wildman–Crippen LogP) is 2.94. The highest BCUT2D eigenvalue weighted by molar-refractivity contribution is 6.46. The molecule has 1 unspecified atom stereocenters. The van der Waals surface area contributed by atoms with Gasteiger partial charge in [-0.1, -0.05) is 18.2 Å². The zero-order chi connectivity index (χ0) is 21.0. The molecule has 1 aromatic carbocycles. The number of methoxy groups -OCH3 is 1. The van der Waals surface area contributed by atoms with Gasteiger partial charge >= 0.3 is 0 Å². The number of aliphatic hydroxyl groups excluding tert-OH is 1. The lowest BCUT2D eigenvalue weighted by atomic mass is 9.98. The lowest BCUT2D eigenvalue weighted by molar-refractivity contribution is -0.140. The number of amides is 1. The van der Waals surface area contributed by atoms with Crippen molar-refractivity contribution >= 4 is 17.4 Å². The second-order valence-corrected chi connectivity index (χ2v) is 6.90. The van der Waals surface area contributed by atoms with Gasteiger partial charge in [-0.25, -0.2) is 0 Å². The predicted molar refractivity (Wildman–Crippen MR) is 107 cm³/mol. The van der Waals surface area contributed by atoms with Gasteiger partial charge in [-0.2, -0.15) is 0 Å². The van der Waals surface area contributed by atoms with Gasteiger partial charge in [0, 0.05) is 18.3 Å².